The molecule has 2 aromatic heterocycles. The molecule has 0 spiro atoms. The first-order chi connectivity index (χ1) is 6.29. The normalized spacial score (nSPS) is 10.8. The van der Waals surface area contributed by atoms with Gasteiger partial charge in [0.2, 0.25) is 0 Å². The van der Waals surface area contributed by atoms with Crippen LogP contribution < -0.4 is 5.73 Å². The first-order valence-electron chi connectivity index (χ1n) is 3.88. The number of pyridine rings is 1. The summed E-state index contributed by atoms with van der Waals surface area (Å²) in [5.41, 5.74) is 7.70. The minimum Gasteiger partial charge on any atom is -0.397 e. The number of aromatic amines is 1. The van der Waals surface area contributed by atoms with Gasteiger partial charge in [0.05, 0.1) is 17.4 Å². The number of aromatic nitrogens is 3. The summed E-state index contributed by atoms with van der Waals surface area (Å²) in [6, 6.07) is 1.80. The van der Waals surface area contributed by atoms with E-state index in [9.17, 15) is 0 Å². The van der Waals surface area contributed by atoms with Crippen molar-refractivity contribution in [3.8, 4) is 0 Å². The van der Waals surface area contributed by atoms with Gasteiger partial charge in [0, 0.05) is 7.11 Å². The van der Waals surface area contributed by atoms with E-state index >= 15 is 0 Å². The van der Waals surface area contributed by atoms with Gasteiger partial charge >= 0.3 is 0 Å². The van der Waals surface area contributed by atoms with Crippen molar-refractivity contribution in [3.63, 3.8) is 0 Å². The van der Waals surface area contributed by atoms with Gasteiger partial charge < -0.3 is 15.5 Å². The van der Waals surface area contributed by atoms with Crippen LogP contribution in [0.3, 0.4) is 0 Å². The Kier molecular flexibility index (Phi) is 1.86. The summed E-state index contributed by atoms with van der Waals surface area (Å²) < 4.78 is 4.93. The Morgan fingerprint density at radius 1 is 1.62 bits per heavy atom. The molecule has 0 aliphatic rings. The third-order valence-corrected chi connectivity index (χ3v) is 1.69. The Balaban J connectivity index is 2.49. The van der Waals surface area contributed by atoms with E-state index in [1.165, 1.54) is 0 Å². The van der Waals surface area contributed by atoms with Gasteiger partial charge in [0.15, 0.2) is 5.65 Å². The van der Waals surface area contributed by atoms with Crippen LogP contribution in [0.15, 0.2) is 12.3 Å². The smallest absolute Gasteiger partial charge is 0.177 e. The lowest BCUT2D eigenvalue weighted by Crippen LogP contribution is -1.88. The van der Waals surface area contributed by atoms with Gasteiger partial charge in [-0.2, -0.15) is 0 Å². The standard InChI is InChI=1S/C8H10N4O/c1-13-4-7-11-6-2-5(9)3-10-8(6)12-7/h2-3H,4,9H2,1H3,(H,10,11,12). The minimum atomic E-state index is 0.455. The molecule has 5 nitrogen and oxygen atoms in total. The molecule has 0 aliphatic heterocycles. The van der Waals surface area contributed by atoms with Crippen molar-refractivity contribution in [3.05, 3.63) is 18.1 Å². The van der Waals surface area contributed by atoms with E-state index in [-0.39, 0.29) is 0 Å². The number of hydrogen-bond donors (Lipinski definition) is 2. The number of rotatable bonds is 2. The summed E-state index contributed by atoms with van der Waals surface area (Å²) in [6.07, 6.45) is 1.58. The summed E-state index contributed by atoms with van der Waals surface area (Å²) in [6.45, 7) is 0.455. The van der Waals surface area contributed by atoms with E-state index in [4.69, 9.17) is 10.5 Å². The highest BCUT2D eigenvalue weighted by molar-refractivity contribution is 5.73. The SMILES string of the molecule is COCc1nc2ncc(N)cc2[nH]1. The van der Waals surface area contributed by atoms with Crippen LogP contribution in [-0.2, 0) is 11.3 Å². The third-order valence-electron chi connectivity index (χ3n) is 1.69. The molecule has 0 amide bonds. The number of fused-ring (bicyclic) bond motifs is 1. The number of nitrogen functional groups attached to an aromatic ring is 1. The lowest BCUT2D eigenvalue weighted by molar-refractivity contribution is 0.179. The summed E-state index contributed by atoms with van der Waals surface area (Å²) in [4.78, 5) is 11.3. The Labute approximate surface area is 74.9 Å². The lowest BCUT2D eigenvalue weighted by atomic mass is 10.4. The van der Waals surface area contributed by atoms with Crippen LogP contribution in [-0.4, -0.2) is 22.1 Å². The summed E-state index contributed by atoms with van der Waals surface area (Å²) in [5.74, 6) is 0.760. The Hall–Kier alpha value is -1.62. The van der Waals surface area contributed by atoms with Crippen LogP contribution >= 0.6 is 0 Å². The maximum atomic E-state index is 5.57. The van der Waals surface area contributed by atoms with Crippen molar-refractivity contribution >= 4 is 16.9 Å². The molecule has 2 rings (SSSR count). The van der Waals surface area contributed by atoms with Crippen molar-refractivity contribution in [1.82, 2.24) is 15.0 Å². The van der Waals surface area contributed by atoms with Gasteiger partial charge in [0.25, 0.3) is 0 Å². The highest BCUT2D eigenvalue weighted by atomic mass is 16.5. The molecule has 0 aliphatic carbocycles. The van der Waals surface area contributed by atoms with Gasteiger partial charge in [-0.3, -0.25) is 0 Å². The van der Waals surface area contributed by atoms with Gasteiger partial charge in [-0.25, -0.2) is 9.97 Å². The van der Waals surface area contributed by atoms with E-state index in [2.05, 4.69) is 15.0 Å². The molecule has 0 radical (unpaired) electrons. The van der Waals surface area contributed by atoms with Crippen molar-refractivity contribution in [2.24, 2.45) is 0 Å². The average Bonchev–Trinajstić information content (AvgIpc) is 2.46. The van der Waals surface area contributed by atoms with Crippen LogP contribution in [0, 0.1) is 0 Å². The van der Waals surface area contributed by atoms with Gasteiger partial charge in [-0.15, -0.1) is 0 Å². The molecule has 5 heteroatoms. The van der Waals surface area contributed by atoms with Crippen molar-refractivity contribution < 1.29 is 4.74 Å². The Bertz CT molecular complexity index is 423. The highest BCUT2D eigenvalue weighted by Gasteiger charge is 2.02. The molecule has 13 heavy (non-hydrogen) atoms. The number of nitrogens with one attached hydrogen (secondary N) is 1. The molecule has 0 bridgehead atoms. The molecule has 3 N–H and O–H groups in total. The van der Waals surface area contributed by atoms with Crippen LogP contribution in [0.2, 0.25) is 0 Å². The first kappa shape index (κ1) is 8.00. The summed E-state index contributed by atoms with van der Waals surface area (Å²) >= 11 is 0. The number of methoxy groups -OCH3 is 1. The van der Waals surface area contributed by atoms with Crippen LogP contribution in [0.4, 0.5) is 5.69 Å². The predicted octanol–water partition coefficient (Wildman–Crippen LogP) is 0.687. The first-order valence-corrected chi connectivity index (χ1v) is 3.88. The molecule has 68 valence electrons. The Morgan fingerprint density at radius 3 is 3.23 bits per heavy atom. The topological polar surface area (TPSA) is 76.8 Å². The predicted molar refractivity (Wildman–Crippen MR) is 49.0 cm³/mol. The van der Waals surface area contributed by atoms with Crippen LogP contribution in [0.5, 0.6) is 0 Å². The second kappa shape index (κ2) is 3.02. The number of imidazole rings is 1. The summed E-state index contributed by atoms with van der Waals surface area (Å²) in [5, 5.41) is 0. The van der Waals surface area contributed by atoms with Gasteiger partial charge in [-0.05, 0) is 6.07 Å². The third kappa shape index (κ3) is 1.46. The van der Waals surface area contributed by atoms with Crippen molar-refractivity contribution in [1.29, 1.82) is 0 Å². The second-order valence-corrected chi connectivity index (χ2v) is 2.76. The van der Waals surface area contributed by atoms with Crippen LogP contribution in [0.1, 0.15) is 5.82 Å². The van der Waals surface area contributed by atoms with E-state index in [0.29, 0.717) is 17.9 Å². The largest absolute Gasteiger partial charge is 0.397 e. The quantitative estimate of drug-likeness (QED) is 0.709. The van der Waals surface area contributed by atoms with E-state index in [0.717, 1.165) is 11.3 Å². The van der Waals surface area contributed by atoms with Gasteiger partial charge in [-0.1, -0.05) is 0 Å². The van der Waals surface area contributed by atoms with E-state index in [1.807, 2.05) is 0 Å². The molecule has 0 unspecified atom stereocenters. The molecular formula is C8H10N4O. The number of H-pyrrole nitrogens is 1. The zero-order chi connectivity index (χ0) is 9.26. The molecule has 2 aromatic rings. The molecule has 0 saturated heterocycles. The number of anilines is 1. The minimum absolute atomic E-state index is 0.455. The highest BCUT2D eigenvalue weighted by Crippen LogP contribution is 2.11. The number of nitrogens with two attached hydrogens (primary N) is 1. The number of hydrogen-bond acceptors (Lipinski definition) is 4. The summed E-state index contributed by atoms with van der Waals surface area (Å²) in [7, 11) is 1.62. The lowest BCUT2D eigenvalue weighted by Gasteiger charge is -1.89. The zero-order valence-corrected chi connectivity index (χ0v) is 7.24. The average molecular weight is 178 g/mol. The fraction of sp³-hybridized carbons (Fsp3) is 0.250. The van der Waals surface area contributed by atoms with Crippen LogP contribution in [0.25, 0.3) is 11.2 Å². The zero-order valence-electron chi connectivity index (χ0n) is 7.24. The molecule has 0 aromatic carbocycles. The van der Waals surface area contributed by atoms with E-state index in [1.54, 1.807) is 19.4 Å². The molecule has 0 fully saturated rings. The Morgan fingerprint density at radius 2 is 2.46 bits per heavy atom. The van der Waals surface area contributed by atoms with Gasteiger partial charge in [0.1, 0.15) is 12.4 Å². The number of nitrogens with zero attached hydrogens (tertiary/aromatic N) is 2. The fourth-order valence-electron chi connectivity index (χ4n) is 1.17. The maximum Gasteiger partial charge on any atom is 0.177 e. The monoisotopic (exact) mass is 178 g/mol. The molecule has 0 saturated carbocycles. The molecular weight excluding hydrogens is 168 g/mol. The number of ether oxygens (including phenoxy) is 1. The maximum absolute atomic E-state index is 5.57. The van der Waals surface area contributed by atoms with Crippen molar-refractivity contribution in [2.75, 3.05) is 12.8 Å². The fourth-order valence-corrected chi connectivity index (χ4v) is 1.17. The second-order valence-electron chi connectivity index (χ2n) is 2.76. The molecule has 0 atom stereocenters. The van der Waals surface area contributed by atoms with E-state index < -0.39 is 0 Å². The van der Waals surface area contributed by atoms with Crippen molar-refractivity contribution in [2.45, 2.75) is 6.61 Å². The molecule has 2 heterocycles.